The van der Waals surface area contributed by atoms with Crippen LogP contribution in [-0.4, -0.2) is 36.9 Å². The van der Waals surface area contributed by atoms with Crippen molar-refractivity contribution in [1.29, 1.82) is 0 Å². The zero-order valence-electron chi connectivity index (χ0n) is 15.6. The SMILES string of the molecule is CCc1ccc(NC(=O)CN(C)CC(=O)Nc2ccccc2C(F)(F)F)cc1. The molecule has 8 heteroatoms. The first-order valence-electron chi connectivity index (χ1n) is 8.72. The van der Waals surface area contributed by atoms with Crippen molar-refractivity contribution in [3.63, 3.8) is 0 Å². The molecule has 2 rings (SSSR count). The fourth-order valence-corrected chi connectivity index (χ4v) is 2.60. The van der Waals surface area contributed by atoms with Crippen molar-refractivity contribution < 1.29 is 22.8 Å². The number of nitrogens with zero attached hydrogens (tertiary/aromatic N) is 1. The smallest absolute Gasteiger partial charge is 0.325 e. The van der Waals surface area contributed by atoms with E-state index >= 15 is 0 Å². The molecule has 0 aliphatic heterocycles. The maximum absolute atomic E-state index is 13.0. The summed E-state index contributed by atoms with van der Waals surface area (Å²) in [6.07, 6.45) is -3.67. The first kappa shape index (κ1) is 21.4. The van der Waals surface area contributed by atoms with Crippen LogP contribution in [0.5, 0.6) is 0 Å². The summed E-state index contributed by atoms with van der Waals surface area (Å²) in [4.78, 5) is 25.5. The maximum atomic E-state index is 13.0. The predicted octanol–water partition coefficient (Wildman–Crippen LogP) is 3.78. The van der Waals surface area contributed by atoms with Crippen molar-refractivity contribution in [1.82, 2.24) is 4.90 Å². The third-order valence-corrected chi connectivity index (χ3v) is 3.98. The number of amides is 2. The van der Waals surface area contributed by atoms with Gasteiger partial charge in [-0.2, -0.15) is 13.2 Å². The standard InChI is InChI=1S/C20H22F3N3O2/c1-3-14-8-10-15(11-9-14)24-18(27)12-26(2)13-19(28)25-17-7-5-4-6-16(17)20(21,22)23/h4-11H,3,12-13H2,1-2H3,(H,24,27)(H,25,28). The van der Waals surface area contributed by atoms with Gasteiger partial charge in [-0.1, -0.05) is 31.2 Å². The molecule has 0 heterocycles. The number of benzene rings is 2. The summed E-state index contributed by atoms with van der Waals surface area (Å²) in [6.45, 7) is 1.72. The Morgan fingerprint density at radius 1 is 0.929 bits per heavy atom. The molecular weight excluding hydrogens is 371 g/mol. The van der Waals surface area contributed by atoms with Gasteiger partial charge in [-0.25, -0.2) is 0 Å². The summed E-state index contributed by atoms with van der Waals surface area (Å²) >= 11 is 0. The van der Waals surface area contributed by atoms with Gasteiger partial charge in [-0.3, -0.25) is 14.5 Å². The van der Waals surface area contributed by atoms with Crippen LogP contribution in [0.25, 0.3) is 0 Å². The molecule has 0 bridgehead atoms. The zero-order valence-corrected chi connectivity index (χ0v) is 15.6. The number of halogens is 3. The largest absolute Gasteiger partial charge is 0.418 e. The van der Waals surface area contributed by atoms with E-state index in [1.165, 1.54) is 30.1 Å². The highest BCUT2D eigenvalue weighted by atomic mass is 19.4. The minimum absolute atomic E-state index is 0.0795. The van der Waals surface area contributed by atoms with Gasteiger partial charge in [0.05, 0.1) is 24.3 Å². The Balaban J connectivity index is 1.88. The summed E-state index contributed by atoms with van der Waals surface area (Å²) in [6, 6.07) is 12.1. The van der Waals surface area contributed by atoms with E-state index < -0.39 is 17.6 Å². The molecule has 0 atom stereocenters. The van der Waals surface area contributed by atoms with Crippen molar-refractivity contribution in [3.8, 4) is 0 Å². The highest BCUT2D eigenvalue weighted by molar-refractivity contribution is 5.95. The topological polar surface area (TPSA) is 61.4 Å². The lowest BCUT2D eigenvalue weighted by atomic mass is 10.1. The molecule has 0 saturated heterocycles. The number of para-hydroxylation sites is 1. The van der Waals surface area contributed by atoms with Crippen LogP contribution in [0.1, 0.15) is 18.1 Å². The average molecular weight is 393 g/mol. The van der Waals surface area contributed by atoms with Crippen LogP contribution in [0.3, 0.4) is 0 Å². The quantitative estimate of drug-likeness (QED) is 0.753. The monoisotopic (exact) mass is 393 g/mol. The number of nitrogens with one attached hydrogen (secondary N) is 2. The van der Waals surface area contributed by atoms with Crippen molar-refractivity contribution in [2.75, 3.05) is 30.8 Å². The molecule has 0 fully saturated rings. The molecule has 0 saturated carbocycles. The molecule has 0 aliphatic carbocycles. The van der Waals surface area contributed by atoms with Gasteiger partial charge in [-0.15, -0.1) is 0 Å². The summed E-state index contributed by atoms with van der Waals surface area (Å²) in [5, 5.41) is 4.97. The van der Waals surface area contributed by atoms with Crippen LogP contribution in [0.15, 0.2) is 48.5 Å². The third kappa shape index (κ3) is 6.38. The average Bonchev–Trinajstić information content (AvgIpc) is 2.61. The Hall–Kier alpha value is -2.87. The van der Waals surface area contributed by atoms with E-state index in [-0.39, 0.29) is 24.7 Å². The fraction of sp³-hybridized carbons (Fsp3) is 0.300. The van der Waals surface area contributed by atoms with Gasteiger partial charge >= 0.3 is 6.18 Å². The maximum Gasteiger partial charge on any atom is 0.418 e. The molecule has 150 valence electrons. The van der Waals surface area contributed by atoms with Crippen LogP contribution in [0, 0.1) is 0 Å². The minimum atomic E-state index is -4.57. The Morgan fingerprint density at radius 2 is 1.50 bits per heavy atom. The summed E-state index contributed by atoms with van der Waals surface area (Å²) < 4.78 is 38.9. The molecule has 2 amide bonds. The van der Waals surface area contributed by atoms with Crippen LogP contribution < -0.4 is 10.6 Å². The van der Waals surface area contributed by atoms with Crippen LogP contribution in [0.4, 0.5) is 24.5 Å². The number of aryl methyl sites for hydroxylation is 1. The minimum Gasteiger partial charge on any atom is -0.325 e. The summed E-state index contributed by atoms with van der Waals surface area (Å²) in [7, 11) is 1.54. The van der Waals surface area contributed by atoms with E-state index in [1.807, 2.05) is 19.1 Å². The molecule has 2 N–H and O–H groups in total. The number of carbonyl (C=O) groups is 2. The first-order chi connectivity index (χ1) is 13.2. The Bertz CT molecular complexity index is 820. The molecule has 0 spiro atoms. The Kier molecular flexibility index (Phi) is 7.17. The van der Waals surface area contributed by atoms with Crippen molar-refractivity contribution in [2.24, 2.45) is 0 Å². The van der Waals surface area contributed by atoms with Gasteiger partial charge in [0.25, 0.3) is 0 Å². The third-order valence-electron chi connectivity index (χ3n) is 3.98. The molecule has 0 unspecified atom stereocenters. The molecule has 5 nitrogen and oxygen atoms in total. The lowest BCUT2D eigenvalue weighted by Gasteiger charge is -2.18. The molecule has 28 heavy (non-hydrogen) atoms. The van der Waals surface area contributed by atoms with E-state index in [9.17, 15) is 22.8 Å². The summed E-state index contributed by atoms with van der Waals surface area (Å²) in [5.41, 5.74) is 0.554. The molecule has 0 radical (unpaired) electrons. The second kappa shape index (κ2) is 9.36. The normalized spacial score (nSPS) is 11.4. The van der Waals surface area contributed by atoms with E-state index in [0.717, 1.165) is 18.1 Å². The molecule has 0 aliphatic rings. The molecule has 2 aromatic carbocycles. The number of hydrogen-bond donors (Lipinski definition) is 2. The lowest BCUT2D eigenvalue weighted by molar-refractivity contribution is -0.137. The van der Waals surface area contributed by atoms with Gasteiger partial charge in [0.1, 0.15) is 0 Å². The van der Waals surface area contributed by atoms with E-state index in [1.54, 1.807) is 12.1 Å². The van der Waals surface area contributed by atoms with Crippen LogP contribution >= 0.6 is 0 Å². The van der Waals surface area contributed by atoms with Gasteiger partial charge < -0.3 is 10.6 Å². The van der Waals surface area contributed by atoms with Crippen molar-refractivity contribution in [2.45, 2.75) is 19.5 Å². The number of rotatable bonds is 7. The number of hydrogen-bond acceptors (Lipinski definition) is 3. The van der Waals surface area contributed by atoms with Crippen molar-refractivity contribution >= 4 is 23.2 Å². The van der Waals surface area contributed by atoms with Gasteiger partial charge in [0.15, 0.2) is 0 Å². The van der Waals surface area contributed by atoms with Crippen LogP contribution in [0.2, 0.25) is 0 Å². The fourth-order valence-electron chi connectivity index (χ4n) is 2.60. The second-order valence-corrected chi connectivity index (χ2v) is 6.36. The van der Waals surface area contributed by atoms with E-state index in [2.05, 4.69) is 10.6 Å². The Morgan fingerprint density at radius 3 is 2.07 bits per heavy atom. The molecule has 2 aromatic rings. The number of likely N-dealkylation sites (N-methyl/N-ethyl adjacent to an activating group) is 1. The number of carbonyl (C=O) groups excluding carboxylic acids is 2. The van der Waals surface area contributed by atoms with Crippen LogP contribution in [-0.2, 0) is 22.2 Å². The lowest BCUT2D eigenvalue weighted by Crippen LogP contribution is -2.36. The van der Waals surface area contributed by atoms with Gasteiger partial charge in [-0.05, 0) is 43.3 Å². The summed E-state index contributed by atoms with van der Waals surface area (Å²) in [5.74, 6) is -0.963. The van der Waals surface area contributed by atoms with Gasteiger partial charge in [0, 0.05) is 5.69 Å². The highest BCUT2D eigenvalue weighted by Gasteiger charge is 2.33. The first-order valence-corrected chi connectivity index (χ1v) is 8.72. The Labute approximate surface area is 161 Å². The van der Waals surface area contributed by atoms with E-state index in [4.69, 9.17) is 0 Å². The molecular formula is C20H22F3N3O2. The number of anilines is 2. The predicted molar refractivity (Wildman–Crippen MR) is 102 cm³/mol. The zero-order chi connectivity index (χ0) is 20.7. The van der Waals surface area contributed by atoms with Gasteiger partial charge in [0.2, 0.25) is 11.8 Å². The number of alkyl halides is 3. The highest BCUT2D eigenvalue weighted by Crippen LogP contribution is 2.34. The van der Waals surface area contributed by atoms with E-state index in [0.29, 0.717) is 5.69 Å². The molecule has 0 aromatic heterocycles. The van der Waals surface area contributed by atoms with Crippen molar-refractivity contribution in [3.05, 3.63) is 59.7 Å². The second-order valence-electron chi connectivity index (χ2n) is 6.36.